The second kappa shape index (κ2) is 10.9. The summed E-state index contributed by atoms with van der Waals surface area (Å²) >= 11 is 0. The number of alkyl halides is 2. The van der Waals surface area contributed by atoms with Gasteiger partial charge in [-0.25, -0.2) is 9.98 Å². The Kier molecular flexibility index (Phi) is 9.62. The summed E-state index contributed by atoms with van der Waals surface area (Å²) in [5.74, 6) is 0.918. The Morgan fingerprint density at radius 1 is 1.36 bits per heavy atom. The van der Waals surface area contributed by atoms with E-state index in [1.807, 2.05) is 6.92 Å². The number of guanidine groups is 1. The third kappa shape index (κ3) is 6.69. The molecule has 0 atom stereocenters. The van der Waals surface area contributed by atoms with Crippen LogP contribution in [0.4, 0.5) is 8.78 Å². The van der Waals surface area contributed by atoms with E-state index in [2.05, 4.69) is 39.4 Å². The van der Waals surface area contributed by atoms with Gasteiger partial charge in [0.25, 0.3) is 0 Å². The Bertz CT molecular complexity index is 526. The van der Waals surface area contributed by atoms with E-state index in [4.69, 9.17) is 0 Å². The zero-order valence-corrected chi connectivity index (χ0v) is 17.4. The molecule has 0 saturated carbocycles. The van der Waals surface area contributed by atoms with E-state index in [1.54, 1.807) is 0 Å². The first-order valence-electron chi connectivity index (χ1n) is 8.60. The van der Waals surface area contributed by atoms with Gasteiger partial charge in [0.2, 0.25) is 0 Å². The molecule has 1 aliphatic rings. The van der Waals surface area contributed by atoms with E-state index in [0.717, 1.165) is 37.0 Å². The van der Waals surface area contributed by atoms with Crippen LogP contribution in [-0.2, 0) is 6.54 Å². The van der Waals surface area contributed by atoms with Crippen LogP contribution in [0.3, 0.4) is 0 Å². The predicted octanol–water partition coefficient (Wildman–Crippen LogP) is 2.82. The van der Waals surface area contributed by atoms with Gasteiger partial charge in [0, 0.05) is 44.1 Å². The fourth-order valence-electron chi connectivity index (χ4n) is 2.87. The summed E-state index contributed by atoms with van der Waals surface area (Å²) in [7, 11) is 0. The second-order valence-corrected chi connectivity index (χ2v) is 6.27. The van der Waals surface area contributed by atoms with Gasteiger partial charge in [0.05, 0.1) is 0 Å². The van der Waals surface area contributed by atoms with Crippen molar-refractivity contribution >= 4 is 29.9 Å². The maximum Gasteiger partial charge on any atom is 0.319 e. The van der Waals surface area contributed by atoms with Crippen molar-refractivity contribution in [1.82, 2.24) is 25.1 Å². The molecule has 0 amide bonds. The molecule has 9 heteroatoms. The molecule has 1 fully saturated rings. The first kappa shape index (κ1) is 22.1. The number of likely N-dealkylation sites (tertiary alicyclic amines) is 1. The standard InChI is InChI=1S/C16H28F2N6.HI/c1-4-19-16(21-11-14-20-7-10-24(14)15(17)18)22-13-5-8-23(9-6-13)12(2)3;/h7,10,12-13,15H,4-6,8-9,11H2,1-3H3,(H2,19,21,22);1H. The quantitative estimate of drug-likeness (QED) is 0.382. The van der Waals surface area contributed by atoms with Crippen molar-refractivity contribution in [1.29, 1.82) is 0 Å². The number of imidazole rings is 1. The number of piperidine rings is 1. The molecule has 0 radical (unpaired) electrons. The Morgan fingerprint density at radius 2 is 2.04 bits per heavy atom. The largest absolute Gasteiger partial charge is 0.357 e. The van der Waals surface area contributed by atoms with Gasteiger partial charge < -0.3 is 15.5 Å². The fourth-order valence-corrected chi connectivity index (χ4v) is 2.87. The van der Waals surface area contributed by atoms with Crippen molar-refractivity contribution < 1.29 is 8.78 Å². The van der Waals surface area contributed by atoms with Gasteiger partial charge in [-0.3, -0.25) is 4.57 Å². The highest BCUT2D eigenvalue weighted by Gasteiger charge is 2.21. The summed E-state index contributed by atoms with van der Waals surface area (Å²) in [5.41, 5.74) is 0. The summed E-state index contributed by atoms with van der Waals surface area (Å²) in [6, 6.07) is 0.925. The molecule has 25 heavy (non-hydrogen) atoms. The number of aliphatic imine (C=N–C) groups is 1. The number of halogens is 3. The van der Waals surface area contributed by atoms with Gasteiger partial charge in [0.1, 0.15) is 12.4 Å². The third-order valence-corrected chi connectivity index (χ3v) is 4.28. The summed E-state index contributed by atoms with van der Waals surface area (Å²) in [6.45, 7) is 6.79. The summed E-state index contributed by atoms with van der Waals surface area (Å²) < 4.78 is 26.5. The average molecular weight is 470 g/mol. The highest BCUT2D eigenvalue weighted by atomic mass is 127. The molecule has 144 valence electrons. The molecule has 0 aromatic carbocycles. The van der Waals surface area contributed by atoms with E-state index < -0.39 is 6.55 Å². The molecule has 2 rings (SSSR count). The monoisotopic (exact) mass is 470 g/mol. The maximum absolute atomic E-state index is 12.8. The molecule has 2 N–H and O–H groups in total. The van der Waals surface area contributed by atoms with Crippen LogP contribution >= 0.6 is 24.0 Å². The van der Waals surface area contributed by atoms with Crippen molar-refractivity contribution in [2.75, 3.05) is 19.6 Å². The van der Waals surface area contributed by atoms with Crippen molar-refractivity contribution in [3.63, 3.8) is 0 Å². The van der Waals surface area contributed by atoms with Crippen molar-refractivity contribution in [2.24, 2.45) is 4.99 Å². The first-order valence-corrected chi connectivity index (χ1v) is 8.60. The van der Waals surface area contributed by atoms with E-state index in [1.165, 1.54) is 12.4 Å². The maximum atomic E-state index is 12.8. The highest BCUT2D eigenvalue weighted by Crippen LogP contribution is 2.14. The van der Waals surface area contributed by atoms with Gasteiger partial charge in [0.15, 0.2) is 5.96 Å². The molecule has 2 heterocycles. The minimum atomic E-state index is -2.59. The van der Waals surface area contributed by atoms with Crippen LogP contribution in [0.2, 0.25) is 0 Å². The molecule has 1 aromatic heterocycles. The van der Waals surface area contributed by atoms with Gasteiger partial charge in [-0.1, -0.05) is 0 Å². The smallest absolute Gasteiger partial charge is 0.319 e. The Hall–Kier alpha value is -0.970. The second-order valence-electron chi connectivity index (χ2n) is 6.27. The summed E-state index contributed by atoms with van der Waals surface area (Å²) in [5, 5.41) is 6.59. The lowest BCUT2D eigenvalue weighted by molar-refractivity contribution is 0.0671. The lowest BCUT2D eigenvalue weighted by Crippen LogP contribution is -2.49. The van der Waals surface area contributed by atoms with E-state index >= 15 is 0 Å². The highest BCUT2D eigenvalue weighted by molar-refractivity contribution is 14.0. The van der Waals surface area contributed by atoms with Crippen LogP contribution in [0.15, 0.2) is 17.4 Å². The number of aromatic nitrogens is 2. The number of hydrogen-bond donors (Lipinski definition) is 2. The number of nitrogens with one attached hydrogen (secondary N) is 2. The lowest BCUT2D eigenvalue weighted by Gasteiger charge is -2.35. The Labute approximate surface area is 165 Å². The van der Waals surface area contributed by atoms with E-state index in [-0.39, 0.29) is 36.3 Å². The zero-order chi connectivity index (χ0) is 17.5. The minimum absolute atomic E-state index is 0. The van der Waals surface area contributed by atoms with Crippen LogP contribution in [0.25, 0.3) is 0 Å². The van der Waals surface area contributed by atoms with E-state index in [0.29, 0.717) is 18.0 Å². The summed E-state index contributed by atoms with van der Waals surface area (Å²) in [4.78, 5) is 10.8. The molecule has 1 aliphatic heterocycles. The van der Waals surface area contributed by atoms with Crippen molar-refractivity contribution in [3.05, 3.63) is 18.2 Å². The van der Waals surface area contributed by atoms with Crippen LogP contribution in [0, 0.1) is 0 Å². The van der Waals surface area contributed by atoms with Gasteiger partial charge >= 0.3 is 6.55 Å². The molecule has 1 saturated heterocycles. The topological polar surface area (TPSA) is 57.5 Å². The predicted molar refractivity (Wildman–Crippen MR) is 107 cm³/mol. The third-order valence-electron chi connectivity index (χ3n) is 4.28. The fraction of sp³-hybridized carbons (Fsp3) is 0.750. The molecule has 6 nitrogen and oxygen atoms in total. The lowest BCUT2D eigenvalue weighted by atomic mass is 10.0. The van der Waals surface area contributed by atoms with Crippen molar-refractivity contribution in [2.45, 2.75) is 58.8 Å². The van der Waals surface area contributed by atoms with Crippen LogP contribution in [0.1, 0.15) is 46.0 Å². The molecule has 1 aromatic rings. The molecule has 0 bridgehead atoms. The number of rotatable bonds is 6. The van der Waals surface area contributed by atoms with Crippen molar-refractivity contribution in [3.8, 4) is 0 Å². The average Bonchev–Trinajstić information content (AvgIpc) is 3.02. The van der Waals surface area contributed by atoms with Gasteiger partial charge in [-0.15, -0.1) is 24.0 Å². The number of nitrogens with zero attached hydrogens (tertiary/aromatic N) is 4. The van der Waals surface area contributed by atoms with E-state index in [9.17, 15) is 8.78 Å². The number of hydrogen-bond acceptors (Lipinski definition) is 3. The van der Waals surface area contributed by atoms with Gasteiger partial charge in [-0.05, 0) is 33.6 Å². The molecular weight excluding hydrogens is 441 g/mol. The van der Waals surface area contributed by atoms with Crippen LogP contribution in [-0.4, -0.2) is 52.1 Å². The minimum Gasteiger partial charge on any atom is -0.357 e. The zero-order valence-electron chi connectivity index (χ0n) is 15.1. The molecular formula is C16H29F2IN6. The molecule has 0 unspecified atom stereocenters. The normalized spacial score (nSPS) is 17.0. The first-order chi connectivity index (χ1) is 11.5. The SMILES string of the molecule is CCNC(=NCc1nccn1C(F)F)NC1CCN(C(C)C)CC1.I. The van der Waals surface area contributed by atoms with Crippen LogP contribution in [0.5, 0.6) is 0 Å². The van der Waals surface area contributed by atoms with Gasteiger partial charge in [-0.2, -0.15) is 8.78 Å². The Balaban J connectivity index is 0.00000312. The molecule has 0 spiro atoms. The Morgan fingerprint density at radius 3 is 2.60 bits per heavy atom. The summed E-state index contributed by atoms with van der Waals surface area (Å²) in [6.07, 6.45) is 4.75. The van der Waals surface area contributed by atoms with Crippen LogP contribution < -0.4 is 10.6 Å². The molecule has 0 aliphatic carbocycles.